The van der Waals surface area contributed by atoms with E-state index in [0.29, 0.717) is 11.1 Å². The molecular formula is C27H32F3NO6S. The lowest BCUT2D eigenvalue weighted by atomic mass is 9.93. The van der Waals surface area contributed by atoms with Crippen LogP contribution < -0.4 is 9.47 Å². The van der Waals surface area contributed by atoms with Crippen molar-refractivity contribution in [2.45, 2.75) is 69.2 Å². The maximum Gasteiger partial charge on any atom is 0.573 e. The molecule has 0 bridgehead atoms. The summed E-state index contributed by atoms with van der Waals surface area (Å²) in [5, 5.41) is 18.5. The second-order valence-electron chi connectivity index (χ2n) is 9.34. The van der Waals surface area contributed by atoms with Crippen LogP contribution in [0, 0.1) is 11.3 Å². The zero-order valence-corrected chi connectivity index (χ0v) is 21.9. The number of ether oxygens (including phenoxy) is 2. The molecule has 38 heavy (non-hydrogen) atoms. The summed E-state index contributed by atoms with van der Waals surface area (Å²) in [6.07, 6.45) is -2.28. The van der Waals surface area contributed by atoms with E-state index >= 15 is 0 Å². The molecule has 0 aliphatic heterocycles. The fraction of sp³-hybridized carbons (Fsp3) is 0.481. The lowest BCUT2D eigenvalue weighted by Crippen LogP contribution is -2.34. The highest BCUT2D eigenvalue weighted by Gasteiger charge is 2.32. The first-order chi connectivity index (χ1) is 17.9. The Labute approximate surface area is 220 Å². The van der Waals surface area contributed by atoms with E-state index in [2.05, 4.69) is 4.74 Å². The van der Waals surface area contributed by atoms with Crippen LogP contribution in [-0.4, -0.2) is 49.8 Å². The van der Waals surface area contributed by atoms with E-state index in [4.69, 9.17) is 10.1 Å². The zero-order chi connectivity index (χ0) is 27.9. The second-order valence-corrected chi connectivity index (χ2v) is 11.4. The monoisotopic (exact) mass is 555 g/mol. The van der Waals surface area contributed by atoms with Gasteiger partial charge >= 0.3 is 6.36 Å². The van der Waals surface area contributed by atoms with Gasteiger partial charge in [-0.1, -0.05) is 31.0 Å². The summed E-state index contributed by atoms with van der Waals surface area (Å²) in [7, 11) is -3.81. The fourth-order valence-corrected chi connectivity index (χ4v) is 6.06. The summed E-state index contributed by atoms with van der Waals surface area (Å²) >= 11 is 0. The van der Waals surface area contributed by atoms with Gasteiger partial charge in [0.25, 0.3) is 0 Å². The molecule has 1 unspecified atom stereocenters. The van der Waals surface area contributed by atoms with Crippen molar-refractivity contribution in [2.24, 2.45) is 5.92 Å². The molecule has 1 aliphatic rings. The lowest BCUT2D eigenvalue weighted by Gasteiger charge is -2.17. The molecule has 0 heterocycles. The minimum Gasteiger partial charge on any atom is -0.493 e. The molecule has 208 valence electrons. The van der Waals surface area contributed by atoms with Gasteiger partial charge in [0.2, 0.25) is 5.78 Å². The van der Waals surface area contributed by atoms with Crippen molar-refractivity contribution >= 4 is 21.3 Å². The molecule has 0 radical (unpaired) electrons. The normalized spacial score (nSPS) is 15.3. The first kappa shape index (κ1) is 29.6. The van der Waals surface area contributed by atoms with Crippen LogP contribution in [0.15, 0.2) is 47.4 Å². The lowest BCUT2D eigenvalue weighted by molar-refractivity contribution is -0.274. The van der Waals surface area contributed by atoms with Gasteiger partial charge in [-0.2, -0.15) is 0 Å². The average Bonchev–Trinajstić information content (AvgIpc) is 3.37. The van der Waals surface area contributed by atoms with Gasteiger partial charge in [0.05, 0.1) is 18.1 Å². The first-order valence-electron chi connectivity index (χ1n) is 12.5. The number of hydrogen-bond acceptors (Lipinski definition) is 7. The third-order valence-electron chi connectivity index (χ3n) is 6.45. The number of rotatable bonds is 13. The van der Waals surface area contributed by atoms with E-state index in [-0.39, 0.29) is 59.6 Å². The van der Waals surface area contributed by atoms with Crippen molar-refractivity contribution in [3.63, 3.8) is 0 Å². The zero-order valence-electron chi connectivity index (χ0n) is 21.1. The number of sulfone groups is 1. The Morgan fingerprint density at radius 3 is 2.50 bits per heavy atom. The molecule has 11 heteroatoms. The summed E-state index contributed by atoms with van der Waals surface area (Å²) in [6.45, 7) is 1.89. The van der Waals surface area contributed by atoms with Crippen LogP contribution in [0.25, 0.3) is 0 Å². The number of hydrogen-bond donors (Lipinski definition) is 2. The van der Waals surface area contributed by atoms with Crippen LogP contribution >= 0.6 is 0 Å². The number of Topliss-reactive ketones (excluding diaryl/α,β-unsaturated/α-hetero) is 1. The third-order valence-corrected chi connectivity index (χ3v) is 8.28. The molecule has 7 nitrogen and oxygen atoms in total. The predicted molar refractivity (Wildman–Crippen MR) is 136 cm³/mol. The Hall–Kier alpha value is -2.92. The van der Waals surface area contributed by atoms with Gasteiger partial charge < -0.3 is 20.0 Å². The quantitative estimate of drug-likeness (QED) is 0.334. The Bertz CT molecular complexity index is 1240. The minimum absolute atomic E-state index is 0.0406. The van der Waals surface area contributed by atoms with Gasteiger partial charge in [-0.05, 0) is 73.9 Å². The molecule has 2 N–H and O–H groups in total. The Morgan fingerprint density at radius 1 is 1.13 bits per heavy atom. The van der Waals surface area contributed by atoms with Crippen molar-refractivity contribution in [3.05, 3.63) is 53.6 Å². The molecule has 1 atom stereocenters. The van der Waals surface area contributed by atoms with Gasteiger partial charge in [-0.15, -0.1) is 13.2 Å². The first-order valence-corrected chi connectivity index (χ1v) is 14.2. The summed E-state index contributed by atoms with van der Waals surface area (Å²) in [4.78, 5) is 12.5. The summed E-state index contributed by atoms with van der Waals surface area (Å²) in [5.41, 5.74) is 0.760. The molecule has 2 aromatic carbocycles. The van der Waals surface area contributed by atoms with Gasteiger partial charge in [-0.25, -0.2) is 8.42 Å². The summed E-state index contributed by atoms with van der Waals surface area (Å²) in [5.74, 6) is -1.28. The molecule has 0 spiro atoms. The van der Waals surface area contributed by atoms with E-state index < -0.39 is 28.1 Å². The molecule has 0 saturated heterocycles. The number of carbonyl (C=O) groups excluding carboxylic acids is 1. The van der Waals surface area contributed by atoms with Crippen LogP contribution in [0.3, 0.4) is 0 Å². The highest BCUT2D eigenvalue weighted by molar-refractivity contribution is 7.91. The molecular weight excluding hydrogens is 523 g/mol. The topological polar surface area (TPSA) is 114 Å². The molecule has 1 fully saturated rings. The number of aryl methyl sites for hydroxylation is 1. The molecule has 1 saturated carbocycles. The second kappa shape index (κ2) is 12.8. The number of alkyl halides is 3. The highest BCUT2D eigenvalue weighted by Crippen LogP contribution is 2.30. The average molecular weight is 556 g/mol. The summed E-state index contributed by atoms with van der Waals surface area (Å²) < 4.78 is 73.0. The smallest absolute Gasteiger partial charge is 0.493 e. The third kappa shape index (κ3) is 8.29. The van der Waals surface area contributed by atoms with Crippen molar-refractivity contribution in [2.75, 3.05) is 12.4 Å². The fourth-order valence-electron chi connectivity index (χ4n) is 4.62. The van der Waals surface area contributed by atoms with E-state index in [1.165, 1.54) is 36.4 Å². The maximum absolute atomic E-state index is 13.1. The maximum atomic E-state index is 13.1. The number of aliphatic hydroxyl groups excluding tert-OH is 1. The van der Waals surface area contributed by atoms with Crippen molar-refractivity contribution in [3.8, 4) is 11.5 Å². The van der Waals surface area contributed by atoms with Crippen LogP contribution in [0.2, 0.25) is 0 Å². The van der Waals surface area contributed by atoms with Crippen molar-refractivity contribution in [1.29, 1.82) is 5.41 Å². The number of ketones is 1. The van der Waals surface area contributed by atoms with E-state index in [1.807, 2.05) is 0 Å². The molecule has 0 aromatic heterocycles. The SMILES string of the molecule is CCOc1cc(CC(=N)C(=O)C(O)C2CCCC2)ccc1S(=O)(=O)CCCc1cccc(OC(F)(F)F)c1. The van der Waals surface area contributed by atoms with Crippen LogP contribution in [-0.2, 0) is 27.5 Å². The predicted octanol–water partition coefficient (Wildman–Crippen LogP) is 5.07. The van der Waals surface area contributed by atoms with Crippen LogP contribution in [0.1, 0.15) is 50.2 Å². The molecule has 2 aromatic rings. The van der Waals surface area contributed by atoms with Crippen LogP contribution in [0.4, 0.5) is 13.2 Å². The van der Waals surface area contributed by atoms with E-state index in [9.17, 15) is 31.5 Å². The van der Waals surface area contributed by atoms with Gasteiger partial charge in [0, 0.05) is 6.42 Å². The Kier molecular flexibility index (Phi) is 9.94. The molecule has 1 aliphatic carbocycles. The number of nitrogens with one attached hydrogen (secondary N) is 1. The Balaban J connectivity index is 1.66. The molecule has 3 rings (SSSR count). The minimum atomic E-state index is -4.81. The number of benzene rings is 2. The Morgan fingerprint density at radius 2 is 1.84 bits per heavy atom. The standard InChI is InChI=1S/C27H32F3NO6S/c1-2-36-23-17-19(16-22(31)26(33)25(32)20-9-3-4-10-20)12-13-24(23)38(34,35)14-6-8-18-7-5-11-21(15-18)37-27(28,29)30/h5,7,11-13,15,17,20,25,31-32H,2-4,6,8-10,14,16H2,1H3. The van der Waals surface area contributed by atoms with Crippen molar-refractivity contribution in [1.82, 2.24) is 0 Å². The number of carbonyl (C=O) groups is 1. The summed E-state index contributed by atoms with van der Waals surface area (Å²) in [6, 6.07) is 9.77. The largest absolute Gasteiger partial charge is 0.573 e. The van der Waals surface area contributed by atoms with Crippen molar-refractivity contribution < 1.29 is 41.0 Å². The van der Waals surface area contributed by atoms with Gasteiger partial charge in [-0.3, -0.25) is 4.79 Å². The number of halogens is 3. The van der Waals surface area contributed by atoms with Gasteiger partial charge in [0.15, 0.2) is 9.84 Å². The number of aliphatic hydroxyl groups is 1. The van der Waals surface area contributed by atoms with E-state index in [1.54, 1.807) is 13.0 Å². The van der Waals surface area contributed by atoms with E-state index in [0.717, 1.165) is 25.7 Å². The van der Waals surface area contributed by atoms with Gasteiger partial charge in [0.1, 0.15) is 22.5 Å². The highest BCUT2D eigenvalue weighted by atomic mass is 32.2. The van der Waals surface area contributed by atoms with Crippen LogP contribution in [0.5, 0.6) is 11.5 Å². The molecule has 0 amide bonds.